The smallest absolute Gasteiger partial charge is 0.225 e. The number of carbonyl (C=O) groups is 2. The van der Waals surface area contributed by atoms with Crippen molar-refractivity contribution >= 4 is 11.8 Å². The molecule has 1 aromatic carbocycles. The summed E-state index contributed by atoms with van der Waals surface area (Å²) in [5, 5.41) is 2.71. The summed E-state index contributed by atoms with van der Waals surface area (Å²) >= 11 is 0. The van der Waals surface area contributed by atoms with E-state index in [1.54, 1.807) is 18.2 Å². The Morgan fingerprint density at radius 3 is 2.58 bits per heavy atom. The molecule has 19 heavy (non-hydrogen) atoms. The average molecular weight is 266 g/mol. The number of nitrogens with one attached hydrogen (secondary N) is 1. The fourth-order valence-corrected chi connectivity index (χ4v) is 2.06. The molecule has 1 fully saturated rings. The molecule has 6 heteroatoms. The molecule has 0 atom stereocenters. The first-order chi connectivity index (χ1) is 9.01. The summed E-state index contributed by atoms with van der Waals surface area (Å²) in [6.45, 7) is 0.498. The summed E-state index contributed by atoms with van der Waals surface area (Å²) in [4.78, 5) is 22.8. The highest BCUT2D eigenvalue weighted by Gasteiger charge is 2.41. The Bertz CT molecular complexity index is 500. The third-order valence-corrected chi connectivity index (χ3v) is 2.98. The molecule has 1 saturated heterocycles. The lowest BCUT2D eigenvalue weighted by atomic mass is 9.92. The maximum atomic E-state index is 13.4. The number of hydrogen-bond acceptors (Lipinski definition) is 3. The number of amides is 2. The normalized spacial score (nSPS) is 16.5. The van der Waals surface area contributed by atoms with Gasteiger partial charge in [-0.15, -0.1) is 0 Å². The fourth-order valence-electron chi connectivity index (χ4n) is 2.06. The summed E-state index contributed by atoms with van der Waals surface area (Å²) in [5.74, 6) is -1.28. The minimum atomic E-state index is -0.728. The van der Waals surface area contributed by atoms with Gasteiger partial charge < -0.3 is 15.8 Å². The molecule has 1 aromatic rings. The summed E-state index contributed by atoms with van der Waals surface area (Å²) < 4.78 is 18.4. The molecular formula is C13H15FN2O3. The molecule has 0 bridgehead atoms. The molecule has 0 aliphatic carbocycles. The minimum absolute atomic E-state index is 0.0238. The van der Waals surface area contributed by atoms with Gasteiger partial charge in [-0.05, 0) is 11.6 Å². The quantitative estimate of drug-likeness (QED) is 0.794. The number of ether oxygens (including phenoxy) is 1. The number of primary amides is 1. The van der Waals surface area contributed by atoms with Crippen molar-refractivity contribution in [1.82, 2.24) is 5.32 Å². The number of carbonyl (C=O) groups excluding carboxylic acids is 2. The third kappa shape index (κ3) is 3.29. The monoisotopic (exact) mass is 266 g/mol. The number of halogens is 1. The Labute approximate surface area is 109 Å². The van der Waals surface area contributed by atoms with E-state index in [1.807, 2.05) is 0 Å². The Balaban J connectivity index is 1.97. The van der Waals surface area contributed by atoms with Crippen molar-refractivity contribution in [2.45, 2.75) is 18.4 Å². The first-order valence-corrected chi connectivity index (χ1v) is 5.91. The molecule has 3 N–H and O–H groups in total. The van der Waals surface area contributed by atoms with E-state index >= 15 is 0 Å². The zero-order valence-corrected chi connectivity index (χ0v) is 10.3. The van der Waals surface area contributed by atoms with Crippen LogP contribution in [-0.4, -0.2) is 30.6 Å². The van der Waals surface area contributed by atoms with Crippen LogP contribution in [0.1, 0.15) is 12.0 Å². The van der Waals surface area contributed by atoms with Crippen LogP contribution in [0.15, 0.2) is 24.3 Å². The molecule has 0 radical (unpaired) electrons. The number of hydrogen-bond donors (Lipinski definition) is 2. The molecule has 0 spiro atoms. The van der Waals surface area contributed by atoms with Gasteiger partial charge in [-0.3, -0.25) is 9.59 Å². The highest BCUT2D eigenvalue weighted by Crippen LogP contribution is 2.21. The Kier molecular flexibility index (Phi) is 3.80. The van der Waals surface area contributed by atoms with Crippen molar-refractivity contribution in [3.63, 3.8) is 0 Å². The molecule has 1 heterocycles. The average Bonchev–Trinajstić information content (AvgIpc) is 2.28. The van der Waals surface area contributed by atoms with E-state index in [0.29, 0.717) is 5.56 Å². The van der Waals surface area contributed by atoms with Crippen LogP contribution in [-0.2, 0) is 20.7 Å². The lowest BCUT2D eigenvalue weighted by molar-refractivity contribution is -0.138. The second-order valence-electron chi connectivity index (χ2n) is 4.73. The maximum absolute atomic E-state index is 13.4. The van der Waals surface area contributed by atoms with Crippen LogP contribution in [0.2, 0.25) is 0 Å². The number of nitrogens with two attached hydrogens (primary N) is 1. The van der Waals surface area contributed by atoms with Crippen LogP contribution in [0.3, 0.4) is 0 Å². The summed E-state index contributed by atoms with van der Waals surface area (Å²) in [6, 6.07) is 6.07. The SMILES string of the molecule is NC(=O)CC1(NC(=O)Cc2ccccc2F)COC1. The predicted molar refractivity (Wildman–Crippen MR) is 65.6 cm³/mol. The standard InChI is InChI=1S/C13H15FN2O3/c14-10-4-2-1-3-9(10)5-12(18)16-13(6-11(15)17)7-19-8-13/h1-4H,5-8H2,(H2,15,17)(H,16,18). The van der Waals surface area contributed by atoms with Gasteiger partial charge in [0.2, 0.25) is 11.8 Å². The lowest BCUT2D eigenvalue weighted by Gasteiger charge is -2.41. The van der Waals surface area contributed by atoms with Crippen LogP contribution < -0.4 is 11.1 Å². The van der Waals surface area contributed by atoms with Gasteiger partial charge in [-0.1, -0.05) is 18.2 Å². The van der Waals surface area contributed by atoms with Crippen LogP contribution in [0, 0.1) is 5.82 Å². The first-order valence-electron chi connectivity index (χ1n) is 5.91. The molecule has 0 unspecified atom stereocenters. The van der Waals surface area contributed by atoms with Gasteiger partial charge in [0.15, 0.2) is 0 Å². The van der Waals surface area contributed by atoms with Crippen molar-refractivity contribution < 1.29 is 18.7 Å². The summed E-state index contributed by atoms with van der Waals surface area (Å²) in [5.41, 5.74) is 4.72. The van der Waals surface area contributed by atoms with Crippen molar-refractivity contribution in [1.29, 1.82) is 0 Å². The van der Waals surface area contributed by atoms with Gasteiger partial charge in [-0.2, -0.15) is 0 Å². The summed E-state index contributed by atoms with van der Waals surface area (Å²) in [6.07, 6.45) is -0.0524. The van der Waals surface area contributed by atoms with Crippen molar-refractivity contribution in [3.05, 3.63) is 35.6 Å². The topological polar surface area (TPSA) is 81.4 Å². The van der Waals surface area contributed by atoms with Crippen LogP contribution in [0.5, 0.6) is 0 Å². The number of rotatable bonds is 5. The van der Waals surface area contributed by atoms with E-state index in [-0.39, 0.29) is 32.0 Å². The van der Waals surface area contributed by atoms with E-state index in [1.165, 1.54) is 6.07 Å². The Morgan fingerprint density at radius 1 is 1.37 bits per heavy atom. The summed E-state index contributed by atoms with van der Waals surface area (Å²) in [7, 11) is 0. The van der Waals surface area contributed by atoms with Gasteiger partial charge in [-0.25, -0.2) is 4.39 Å². The largest absolute Gasteiger partial charge is 0.376 e. The molecule has 102 valence electrons. The molecular weight excluding hydrogens is 251 g/mol. The fraction of sp³-hybridized carbons (Fsp3) is 0.385. The van der Waals surface area contributed by atoms with E-state index in [9.17, 15) is 14.0 Å². The molecule has 1 aliphatic rings. The first kappa shape index (κ1) is 13.5. The van der Waals surface area contributed by atoms with E-state index in [4.69, 9.17) is 10.5 Å². The van der Waals surface area contributed by atoms with Crippen molar-refractivity contribution in [2.24, 2.45) is 5.73 Å². The zero-order chi connectivity index (χ0) is 13.9. The van der Waals surface area contributed by atoms with Crippen molar-refractivity contribution in [3.8, 4) is 0 Å². The molecule has 2 rings (SSSR count). The second-order valence-corrected chi connectivity index (χ2v) is 4.73. The van der Waals surface area contributed by atoms with Crippen LogP contribution in [0.25, 0.3) is 0 Å². The lowest BCUT2D eigenvalue weighted by Crippen LogP contribution is -2.63. The predicted octanol–water partition coefficient (Wildman–Crippen LogP) is 0.129. The van der Waals surface area contributed by atoms with Crippen LogP contribution >= 0.6 is 0 Å². The van der Waals surface area contributed by atoms with Gasteiger partial charge in [0.1, 0.15) is 5.82 Å². The molecule has 0 aromatic heterocycles. The highest BCUT2D eigenvalue weighted by atomic mass is 19.1. The zero-order valence-electron chi connectivity index (χ0n) is 10.3. The van der Waals surface area contributed by atoms with E-state index < -0.39 is 17.3 Å². The molecule has 0 saturated carbocycles. The maximum Gasteiger partial charge on any atom is 0.225 e. The number of benzene rings is 1. The van der Waals surface area contributed by atoms with Gasteiger partial charge >= 0.3 is 0 Å². The van der Waals surface area contributed by atoms with Gasteiger partial charge in [0.25, 0.3) is 0 Å². The third-order valence-electron chi connectivity index (χ3n) is 2.98. The minimum Gasteiger partial charge on any atom is -0.376 e. The van der Waals surface area contributed by atoms with E-state index in [0.717, 1.165) is 0 Å². The molecule has 2 amide bonds. The van der Waals surface area contributed by atoms with Gasteiger partial charge in [0.05, 0.1) is 31.6 Å². The van der Waals surface area contributed by atoms with Crippen molar-refractivity contribution in [2.75, 3.05) is 13.2 Å². The van der Waals surface area contributed by atoms with E-state index in [2.05, 4.69) is 5.32 Å². The Hall–Kier alpha value is -1.95. The molecule has 1 aliphatic heterocycles. The Morgan fingerprint density at radius 2 is 2.05 bits per heavy atom. The van der Waals surface area contributed by atoms with Gasteiger partial charge in [0, 0.05) is 0 Å². The highest BCUT2D eigenvalue weighted by molar-refractivity contribution is 5.81. The molecule has 5 nitrogen and oxygen atoms in total. The van der Waals surface area contributed by atoms with Crippen LogP contribution in [0.4, 0.5) is 4.39 Å². The second kappa shape index (κ2) is 5.36.